The van der Waals surface area contributed by atoms with Crippen molar-refractivity contribution in [2.45, 2.75) is 27.2 Å². The van der Waals surface area contributed by atoms with E-state index in [1.807, 2.05) is 19.9 Å². The fourth-order valence-corrected chi connectivity index (χ4v) is 4.47. The van der Waals surface area contributed by atoms with Crippen molar-refractivity contribution in [2.24, 2.45) is 11.7 Å². The van der Waals surface area contributed by atoms with Crippen LogP contribution in [0.25, 0.3) is 16.7 Å². The van der Waals surface area contributed by atoms with Crippen molar-refractivity contribution in [3.8, 4) is 17.3 Å². The summed E-state index contributed by atoms with van der Waals surface area (Å²) in [7, 11) is 2.11. The predicted octanol–water partition coefficient (Wildman–Crippen LogP) is 2.67. The van der Waals surface area contributed by atoms with Crippen LogP contribution < -0.4 is 16.2 Å². The quantitative estimate of drug-likeness (QED) is 0.580. The van der Waals surface area contributed by atoms with Crippen LogP contribution in [0.1, 0.15) is 33.5 Å². The van der Waals surface area contributed by atoms with E-state index in [0.29, 0.717) is 40.7 Å². The standard InChI is InChI=1S/C23H29N5O3/c1-12-5-6-17(29)14(3)19(12)28-20(24)18(21(25)30)16-9-13(2)23(26-22(16)28)31-11-15-7-8-27(4)10-15/h5-6,9,15,29H,7-8,10-11,24H2,1-4H3,(H2,25,30)/t15-/m1/s1. The van der Waals surface area contributed by atoms with Crippen LogP contribution in [0.3, 0.4) is 0 Å². The summed E-state index contributed by atoms with van der Waals surface area (Å²) in [5.74, 6) is 0.667. The monoisotopic (exact) mass is 423 g/mol. The Morgan fingerprint density at radius 1 is 1.29 bits per heavy atom. The fourth-order valence-electron chi connectivity index (χ4n) is 4.47. The number of fused-ring (bicyclic) bond motifs is 1. The van der Waals surface area contributed by atoms with Crippen LogP contribution in [-0.4, -0.2) is 52.2 Å². The number of hydrogen-bond acceptors (Lipinski definition) is 6. The van der Waals surface area contributed by atoms with Crippen LogP contribution in [0.15, 0.2) is 18.2 Å². The van der Waals surface area contributed by atoms with Gasteiger partial charge in [0.05, 0.1) is 17.9 Å². The molecule has 31 heavy (non-hydrogen) atoms. The number of likely N-dealkylation sites (tertiary alicyclic amines) is 1. The van der Waals surface area contributed by atoms with Crippen LogP contribution in [-0.2, 0) is 0 Å². The summed E-state index contributed by atoms with van der Waals surface area (Å²) in [5.41, 5.74) is 15.8. The third-order valence-corrected chi connectivity index (χ3v) is 6.14. The van der Waals surface area contributed by atoms with E-state index in [0.717, 1.165) is 30.6 Å². The minimum Gasteiger partial charge on any atom is -0.508 e. The number of nitrogen functional groups attached to an aromatic ring is 1. The molecule has 4 rings (SSSR count). The number of benzene rings is 1. The molecule has 1 atom stereocenters. The summed E-state index contributed by atoms with van der Waals surface area (Å²) in [4.78, 5) is 19.3. The highest BCUT2D eigenvalue weighted by Gasteiger charge is 2.26. The van der Waals surface area contributed by atoms with Gasteiger partial charge in [0.2, 0.25) is 5.88 Å². The molecule has 3 heterocycles. The molecule has 3 aromatic rings. The molecule has 1 aliphatic heterocycles. The lowest BCUT2D eigenvalue weighted by molar-refractivity contribution is 0.100. The van der Waals surface area contributed by atoms with Gasteiger partial charge < -0.3 is 26.2 Å². The van der Waals surface area contributed by atoms with Crippen molar-refractivity contribution >= 4 is 22.8 Å². The molecule has 1 aromatic carbocycles. The van der Waals surface area contributed by atoms with Crippen molar-refractivity contribution in [1.82, 2.24) is 14.5 Å². The number of aromatic nitrogens is 2. The zero-order valence-electron chi connectivity index (χ0n) is 18.4. The molecule has 5 N–H and O–H groups in total. The number of nitrogens with two attached hydrogens (primary N) is 2. The number of hydrogen-bond donors (Lipinski definition) is 3. The molecule has 0 saturated carbocycles. The predicted molar refractivity (Wildman–Crippen MR) is 121 cm³/mol. The number of carbonyl (C=O) groups is 1. The maximum absolute atomic E-state index is 12.3. The van der Waals surface area contributed by atoms with Crippen LogP contribution >= 0.6 is 0 Å². The summed E-state index contributed by atoms with van der Waals surface area (Å²) in [6, 6.07) is 5.28. The van der Waals surface area contributed by atoms with Gasteiger partial charge in [-0.05, 0) is 58.5 Å². The number of carbonyl (C=O) groups excluding carboxylic acids is 1. The number of aromatic hydroxyl groups is 1. The van der Waals surface area contributed by atoms with E-state index in [9.17, 15) is 9.90 Å². The highest BCUT2D eigenvalue weighted by Crippen LogP contribution is 2.37. The number of primary amides is 1. The Morgan fingerprint density at radius 3 is 2.68 bits per heavy atom. The smallest absolute Gasteiger partial charge is 0.253 e. The molecule has 0 unspecified atom stereocenters. The third kappa shape index (κ3) is 3.57. The van der Waals surface area contributed by atoms with Crippen molar-refractivity contribution in [2.75, 3.05) is 32.5 Å². The second kappa shape index (κ2) is 7.77. The molecule has 1 amide bonds. The number of phenols is 1. The van der Waals surface area contributed by atoms with E-state index in [4.69, 9.17) is 21.2 Å². The van der Waals surface area contributed by atoms with Crippen LogP contribution in [0.5, 0.6) is 11.6 Å². The number of rotatable bonds is 5. The maximum atomic E-state index is 12.3. The summed E-state index contributed by atoms with van der Waals surface area (Å²) in [6.45, 7) is 8.25. The number of ether oxygens (including phenoxy) is 1. The van der Waals surface area contributed by atoms with Gasteiger partial charge in [0.25, 0.3) is 5.91 Å². The molecule has 2 aromatic heterocycles. The Kier molecular flexibility index (Phi) is 5.26. The molecule has 0 bridgehead atoms. The van der Waals surface area contributed by atoms with Crippen molar-refractivity contribution in [3.63, 3.8) is 0 Å². The van der Waals surface area contributed by atoms with E-state index in [1.54, 1.807) is 23.6 Å². The summed E-state index contributed by atoms with van der Waals surface area (Å²) in [5, 5.41) is 10.9. The van der Waals surface area contributed by atoms with Gasteiger partial charge in [-0.2, -0.15) is 4.98 Å². The van der Waals surface area contributed by atoms with Crippen LogP contribution in [0.2, 0.25) is 0 Å². The van der Waals surface area contributed by atoms with Gasteiger partial charge in [0.1, 0.15) is 11.6 Å². The lowest BCUT2D eigenvalue weighted by atomic mass is 10.1. The number of aryl methyl sites for hydroxylation is 2. The van der Waals surface area contributed by atoms with Gasteiger partial charge >= 0.3 is 0 Å². The summed E-state index contributed by atoms with van der Waals surface area (Å²) >= 11 is 0. The van der Waals surface area contributed by atoms with E-state index >= 15 is 0 Å². The van der Waals surface area contributed by atoms with Crippen molar-refractivity contribution < 1.29 is 14.6 Å². The molecule has 1 saturated heterocycles. The second-order valence-corrected chi connectivity index (χ2v) is 8.54. The second-order valence-electron chi connectivity index (χ2n) is 8.54. The zero-order chi connectivity index (χ0) is 22.4. The topological polar surface area (TPSA) is 120 Å². The zero-order valence-corrected chi connectivity index (χ0v) is 18.4. The normalized spacial score (nSPS) is 16.8. The first-order valence-electron chi connectivity index (χ1n) is 10.4. The van der Waals surface area contributed by atoms with Gasteiger partial charge in [-0.25, -0.2) is 0 Å². The minimum absolute atomic E-state index is 0.136. The molecule has 8 nitrogen and oxygen atoms in total. The van der Waals surface area contributed by atoms with E-state index < -0.39 is 5.91 Å². The Hall–Kier alpha value is -3.26. The highest BCUT2D eigenvalue weighted by atomic mass is 16.5. The molecular weight excluding hydrogens is 394 g/mol. The number of pyridine rings is 1. The first kappa shape index (κ1) is 21.0. The van der Waals surface area contributed by atoms with Crippen LogP contribution in [0.4, 0.5) is 5.82 Å². The van der Waals surface area contributed by atoms with Crippen molar-refractivity contribution in [3.05, 3.63) is 40.5 Å². The number of amides is 1. The number of phenolic OH excluding ortho intramolecular Hbond substituents is 1. The van der Waals surface area contributed by atoms with Gasteiger partial charge in [0.15, 0.2) is 5.65 Å². The molecule has 0 aliphatic carbocycles. The molecule has 8 heteroatoms. The number of nitrogens with zero attached hydrogens (tertiary/aromatic N) is 3. The molecule has 1 aliphatic rings. The Morgan fingerprint density at radius 2 is 2.03 bits per heavy atom. The van der Waals surface area contributed by atoms with E-state index in [1.165, 1.54) is 0 Å². The fraction of sp³-hybridized carbons (Fsp3) is 0.391. The van der Waals surface area contributed by atoms with E-state index in [2.05, 4.69) is 11.9 Å². The molecule has 0 radical (unpaired) electrons. The SMILES string of the molecule is Cc1cc2c(C(N)=O)c(N)n(-c3c(C)ccc(O)c3C)c2nc1OC[C@@H]1CCN(C)C1. The largest absolute Gasteiger partial charge is 0.508 e. The summed E-state index contributed by atoms with van der Waals surface area (Å²) in [6.07, 6.45) is 1.09. The molecule has 164 valence electrons. The Balaban J connectivity index is 1.88. The van der Waals surface area contributed by atoms with Gasteiger partial charge in [-0.3, -0.25) is 9.36 Å². The summed E-state index contributed by atoms with van der Waals surface area (Å²) < 4.78 is 7.79. The van der Waals surface area contributed by atoms with Gasteiger partial charge in [-0.1, -0.05) is 6.07 Å². The molecule has 0 spiro atoms. The first-order chi connectivity index (χ1) is 14.7. The average Bonchev–Trinajstić information content (AvgIpc) is 3.24. The minimum atomic E-state index is -0.624. The average molecular weight is 424 g/mol. The Bertz CT molecular complexity index is 1180. The third-order valence-electron chi connectivity index (χ3n) is 6.14. The van der Waals surface area contributed by atoms with Crippen molar-refractivity contribution in [1.29, 1.82) is 0 Å². The number of anilines is 1. The first-order valence-corrected chi connectivity index (χ1v) is 10.4. The Labute approximate surface area is 181 Å². The maximum Gasteiger partial charge on any atom is 0.253 e. The van der Waals surface area contributed by atoms with Gasteiger partial charge in [-0.15, -0.1) is 0 Å². The van der Waals surface area contributed by atoms with E-state index in [-0.39, 0.29) is 17.1 Å². The lowest BCUT2D eigenvalue weighted by Gasteiger charge is -2.16. The molecule has 1 fully saturated rings. The molecular formula is C23H29N5O3. The highest BCUT2D eigenvalue weighted by molar-refractivity contribution is 6.11. The van der Waals surface area contributed by atoms with Crippen LogP contribution in [0, 0.1) is 26.7 Å². The lowest BCUT2D eigenvalue weighted by Crippen LogP contribution is -2.18. The van der Waals surface area contributed by atoms with Gasteiger partial charge in [0, 0.05) is 29.0 Å².